The molecule has 5 nitrogen and oxygen atoms in total. The summed E-state index contributed by atoms with van der Waals surface area (Å²) in [5.41, 5.74) is -0.338. The fourth-order valence-corrected chi connectivity index (χ4v) is 1.82. The van der Waals surface area contributed by atoms with Gasteiger partial charge >= 0.3 is 0 Å². The molecule has 0 aromatic heterocycles. The average Bonchev–Trinajstić information content (AvgIpc) is 2.41. The maximum atomic E-state index is 11.7. The molecule has 0 fully saturated rings. The molecule has 23 heavy (non-hydrogen) atoms. The molecule has 0 radical (unpaired) electrons. The van der Waals surface area contributed by atoms with Crippen LogP contribution < -0.4 is 16.0 Å². The van der Waals surface area contributed by atoms with Crippen molar-refractivity contribution in [1.82, 2.24) is 16.0 Å². The van der Waals surface area contributed by atoms with Crippen molar-refractivity contribution in [2.45, 2.75) is 60.8 Å². The Morgan fingerprint density at radius 2 is 1.65 bits per heavy atom. The Kier molecular flexibility index (Phi) is 14.9. The van der Waals surface area contributed by atoms with Gasteiger partial charge in [-0.05, 0) is 19.3 Å². The van der Waals surface area contributed by atoms with Crippen molar-refractivity contribution >= 4 is 35.8 Å². The largest absolute Gasteiger partial charge is 0.357 e. The van der Waals surface area contributed by atoms with Gasteiger partial charge in [0.05, 0.1) is 0 Å². The van der Waals surface area contributed by atoms with Gasteiger partial charge in [-0.3, -0.25) is 9.79 Å². The van der Waals surface area contributed by atoms with Gasteiger partial charge in [-0.25, -0.2) is 0 Å². The summed E-state index contributed by atoms with van der Waals surface area (Å²) in [4.78, 5) is 16.3. The first-order valence-corrected chi connectivity index (χ1v) is 8.57. The van der Waals surface area contributed by atoms with Crippen LogP contribution in [0.15, 0.2) is 4.99 Å². The van der Waals surface area contributed by atoms with Crippen LogP contribution in [0.2, 0.25) is 0 Å². The van der Waals surface area contributed by atoms with E-state index in [1.54, 1.807) is 0 Å². The average molecular weight is 440 g/mol. The standard InChI is InChI=1S/C17H36N4O.HI/c1-7-18-16(20-11-9-8-10-14(2)3)21-13-12-19-15(22)17(4,5)6;/h14H,7-13H2,1-6H3,(H,19,22)(H2,18,20,21);1H. The number of carbonyl (C=O) groups is 1. The summed E-state index contributed by atoms with van der Waals surface area (Å²) in [6.45, 7) is 15.3. The highest BCUT2D eigenvalue weighted by Gasteiger charge is 2.20. The van der Waals surface area contributed by atoms with E-state index in [-0.39, 0.29) is 35.3 Å². The molecule has 0 aliphatic carbocycles. The summed E-state index contributed by atoms with van der Waals surface area (Å²) in [6, 6.07) is 0. The van der Waals surface area contributed by atoms with E-state index >= 15 is 0 Å². The fraction of sp³-hybridized carbons (Fsp3) is 0.882. The molecule has 3 N–H and O–H groups in total. The smallest absolute Gasteiger partial charge is 0.225 e. The second-order valence-corrected chi connectivity index (χ2v) is 7.08. The highest BCUT2D eigenvalue weighted by molar-refractivity contribution is 14.0. The highest BCUT2D eigenvalue weighted by atomic mass is 127. The van der Waals surface area contributed by atoms with Crippen LogP contribution in [-0.2, 0) is 4.79 Å². The van der Waals surface area contributed by atoms with Crippen LogP contribution in [0.3, 0.4) is 0 Å². The molecule has 6 heteroatoms. The summed E-state index contributed by atoms with van der Waals surface area (Å²) < 4.78 is 0. The first-order valence-electron chi connectivity index (χ1n) is 8.57. The third-order valence-electron chi connectivity index (χ3n) is 3.19. The summed E-state index contributed by atoms with van der Waals surface area (Å²) >= 11 is 0. The van der Waals surface area contributed by atoms with Crippen LogP contribution >= 0.6 is 24.0 Å². The lowest BCUT2D eigenvalue weighted by molar-refractivity contribution is -0.128. The molecular weight excluding hydrogens is 403 g/mol. The highest BCUT2D eigenvalue weighted by Crippen LogP contribution is 2.11. The molecule has 0 heterocycles. The number of aliphatic imine (C=N–C) groups is 1. The minimum absolute atomic E-state index is 0. The van der Waals surface area contributed by atoms with E-state index in [2.05, 4.69) is 41.7 Å². The van der Waals surface area contributed by atoms with Gasteiger partial charge in [0, 0.05) is 31.6 Å². The molecule has 0 atom stereocenters. The Hall–Kier alpha value is -0.530. The first-order chi connectivity index (χ1) is 10.3. The number of unbranched alkanes of at least 4 members (excludes halogenated alkanes) is 1. The number of halogens is 1. The molecule has 0 saturated heterocycles. The SMILES string of the molecule is CCNC(=NCCCCC(C)C)NCCNC(=O)C(C)(C)C.I. The molecule has 138 valence electrons. The van der Waals surface area contributed by atoms with Crippen LogP contribution in [0.4, 0.5) is 0 Å². The lowest BCUT2D eigenvalue weighted by atomic mass is 9.96. The number of nitrogens with one attached hydrogen (secondary N) is 3. The van der Waals surface area contributed by atoms with Crippen LogP contribution in [0.25, 0.3) is 0 Å². The van der Waals surface area contributed by atoms with Crippen molar-refractivity contribution in [1.29, 1.82) is 0 Å². The van der Waals surface area contributed by atoms with Gasteiger partial charge in [0.15, 0.2) is 5.96 Å². The van der Waals surface area contributed by atoms with E-state index in [9.17, 15) is 4.79 Å². The predicted octanol–water partition coefficient (Wildman–Crippen LogP) is 3.15. The summed E-state index contributed by atoms with van der Waals surface area (Å²) in [5, 5.41) is 9.40. The van der Waals surface area contributed by atoms with E-state index in [0.29, 0.717) is 13.1 Å². The lowest BCUT2D eigenvalue weighted by Gasteiger charge is -2.18. The van der Waals surface area contributed by atoms with Gasteiger partial charge in [0.2, 0.25) is 5.91 Å². The Labute approximate surface area is 159 Å². The number of carbonyl (C=O) groups excluding carboxylic acids is 1. The molecule has 0 aliphatic heterocycles. The van der Waals surface area contributed by atoms with Crippen molar-refractivity contribution < 1.29 is 4.79 Å². The summed E-state index contributed by atoms with van der Waals surface area (Å²) in [6.07, 6.45) is 3.61. The minimum Gasteiger partial charge on any atom is -0.357 e. The maximum Gasteiger partial charge on any atom is 0.225 e. The van der Waals surface area contributed by atoms with Gasteiger partial charge in [0.25, 0.3) is 0 Å². The molecule has 0 spiro atoms. The number of nitrogens with zero attached hydrogens (tertiary/aromatic N) is 1. The van der Waals surface area contributed by atoms with E-state index in [1.165, 1.54) is 12.8 Å². The van der Waals surface area contributed by atoms with Gasteiger partial charge < -0.3 is 16.0 Å². The van der Waals surface area contributed by atoms with Gasteiger partial charge in [-0.2, -0.15) is 0 Å². The molecular formula is C17H37IN4O. The second kappa shape index (κ2) is 13.9. The van der Waals surface area contributed by atoms with E-state index in [0.717, 1.165) is 31.4 Å². The van der Waals surface area contributed by atoms with E-state index < -0.39 is 0 Å². The molecule has 0 aromatic carbocycles. The zero-order valence-electron chi connectivity index (χ0n) is 15.8. The van der Waals surface area contributed by atoms with Crippen molar-refractivity contribution in [2.24, 2.45) is 16.3 Å². The zero-order valence-corrected chi connectivity index (χ0v) is 18.1. The number of hydrogen-bond donors (Lipinski definition) is 3. The molecule has 0 saturated carbocycles. The fourth-order valence-electron chi connectivity index (χ4n) is 1.82. The molecule has 0 rings (SSSR count). The third kappa shape index (κ3) is 14.8. The van der Waals surface area contributed by atoms with Crippen LogP contribution in [-0.4, -0.2) is 38.0 Å². The van der Waals surface area contributed by atoms with Gasteiger partial charge in [0.1, 0.15) is 0 Å². The molecule has 0 unspecified atom stereocenters. The Morgan fingerprint density at radius 1 is 1.04 bits per heavy atom. The van der Waals surface area contributed by atoms with E-state index in [1.807, 2.05) is 20.8 Å². The lowest BCUT2D eigenvalue weighted by Crippen LogP contribution is -2.43. The van der Waals surface area contributed by atoms with Crippen molar-refractivity contribution in [3.63, 3.8) is 0 Å². The normalized spacial score (nSPS) is 11.9. The third-order valence-corrected chi connectivity index (χ3v) is 3.19. The molecule has 0 bridgehead atoms. The monoisotopic (exact) mass is 440 g/mol. The Balaban J connectivity index is 0. The summed E-state index contributed by atoms with van der Waals surface area (Å²) in [7, 11) is 0. The number of rotatable bonds is 9. The maximum absolute atomic E-state index is 11.7. The molecule has 0 aromatic rings. The summed E-state index contributed by atoms with van der Waals surface area (Å²) in [5.74, 6) is 1.67. The van der Waals surface area contributed by atoms with Crippen molar-refractivity contribution in [3.05, 3.63) is 0 Å². The number of guanidine groups is 1. The van der Waals surface area contributed by atoms with Gasteiger partial charge in [-0.1, -0.05) is 47.5 Å². The zero-order chi connectivity index (χ0) is 17.0. The topological polar surface area (TPSA) is 65.5 Å². The first kappa shape index (κ1) is 24.7. The van der Waals surface area contributed by atoms with E-state index in [4.69, 9.17) is 0 Å². The van der Waals surface area contributed by atoms with Gasteiger partial charge in [-0.15, -0.1) is 24.0 Å². The van der Waals surface area contributed by atoms with Crippen molar-refractivity contribution in [3.8, 4) is 0 Å². The van der Waals surface area contributed by atoms with Crippen LogP contribution in [0.5, 0.6) is 0 Å². The number of amides is 1. The Morgan fingerprint density at radius 3 is 2.17 bits per heavy atom. The predicted molar refractivity (Wildman–Crippen MR) is 111 cm³/mol. The minimum atomic E-state index is -0.338. The van der Waals surface area contributed by atoms with Crippen LogP contribution in [0.1, 0.15) is 60.8 Å². The van der Waals surface area contributed by atoms with Crippen molar-refractivity contribution in [2.75, 3.05) is 26.2 Å². The van der Waals surface area contributed by atoms with Crippen LogP contribution in [0, 0.1) is 11.3 Å². The molecule has 1 amide bonds. The molecule has 0 aliphatic rings. The quantitative estimate of drug-likeness (QED) is 0.223. The Bertz CT molecular complexity index is 338. The number of hydrogen-bond acceptors (Lipinski definition) is 2. The second-order valence-electron chi connectivity index (χ2n) is 7.08.